The van der Waals surface area contributed by atoms with Crippen LogP contribution in [-0.4, -0.2) is 21.5 Å². The van der Waals surface area contributed by atoms with Crippen molar-refractivity contribution in [2.75, 3.05) is 11.9 Å². The first kappa shape index (κ1) is 13.7. The van der Waals surface area contributed by atoms with E-state index in [2.05, 4.69) is 83.9 Å². The van der Waals surface area contributed by atoms with Gasteiger partial charge < -0.3 is 9.80 Å². The van der Waals surface area contributed by atoms with E-state index in [9.17, 15) is 0 Å². The van der Waals surface area contributed by atoms with Crippen LogP contribution in [0.15, 0.2) is 30.6 Å². The van der Waals surface area contributed by atoms with Crippen molar-refractivity contribution in [1.82, 2.24) is 4.90 Å². The number of nitrogens with zero attached hydrogens (tertiary/aromatic N) is 3. The first-order valence-electron chi connectivity index (χ1n) is 6.94. The van der Waals surface area contributed by atoms with Gasteiger partial charge in [0.05, 0.1) is 15.1 Å². The first-order valence-corrected chi connectivity index (χ1v) is 8.02. The summed E-state index contributed by atoms with van der Waals surface area (Å²) in [5, 5.41) is 9.15. The van der Waals surface area contributed by atoms with Crippen molar-refractivity contribution in [3.8, 4) is 6.07 Å². The van der Waals surface area contributed by atoms with E-state index in [1.165, 1.54) is 11.3 Å². The molecule has 0 bridgehead atoms. The van der Waals surface area contributed by atoms with Gasteiger partial charge in [-0.1, -0.05) is 36.4 Å². The van der Waals surface area contributed by atoms with Crippen LogP contribution in [-0.2, 0) is 0 Å². The van der Waals surface area contributed by atoms with Crippen molar-refractivity contribution in [3.63, 3.8) is 0 Å². The second kappa shape index (κ2) is 4.66. The summed E-state index contributed by atoms with van der Waals surface area (Å²) in [6.45, 7) is 4.55. The smallest absolute Gasteiger partial charge is 0.120 e. The Balaban J connectivity index is 2.21. The Kier molecular flexibility index (Phi) is 3.20. The number of hydrogen-bond acceptors (Lipinski definition) is 3. The molecule has 1 aromatic rings. The van der Waals surface area contributed by atoms with Gasteiger partial charge in [-0.15, -0.1) is 0 Å². The lowest BCUT2D eigenvalue weighted by molar-refractivity contribution is 0.256. The number of alkyl halides is 1. The number of benzene rings is 1. The summed E-state index contributed by atoms with van der Waals surface area (Å²) in [6, 6.07) is 8.33. The van der Waals surface area contributed by atoms with Gasteiger partial charge in [-0.3, -0.25) is 0 Å². The van der Waals surface area contributed by atoms with Crippen LogP contribution in [0.5, 0.6) is 0 Å². The molecule has 2 aliphatic rings. The van der Waals surface area contributed by atoms with Crippen molar-refractivity contribution in [1.29, 1.82) is 5.26 Å². The molecule has 104 valence electrons. The highest BCUT2D eigenvalue weighted by Gasteiger charge is 2.51. The largest absolute Gasteiger partial charge is 0.358 e. The highest BCUT2D eigenvalue weighted by molar-refractivity contribution is 14.1. The topological polar surface area (TPSA) is 30.3 Å². The van der Waals surface area contributed by atoms with Crippen molar-refractivity contribution >= 4 is 28.3 Å². The maximum Gasteiger partial charge on any atom is 0.120 e. The molecular weight excluding hydrogens is 361 g/mol. The molecule has 3 unspecified atom stereocenters. The maximum absolute atomic E-state index is 9.15. The van der Waals surface area contributed by atoms with E-state index in [0.717, 1.165) is 12.0 Å². The third kappa shape index (κ3) is 1.69. The molecular formula is C16H18IN3. The summed E-state index contributed by atoms with van der Waals surface area (Å²) in [4.78, 5) is 4.65. The zero-order valence-corrected chi connectivity index (χ0v) is 14.1. The minimum absolute atomic E-state index is 0.136. The summed E-state index contributed by atoms with van der Waals surface area (Å²) in [7, 11) is 2.14. The standard InChI is InChI=1S/C16H18IN3/c1-4-16(17)11(2)13-9-12(10-18)5-6-14(13)20-8-7-19(3)15(16)20/h5-9,11,15H,4H2,1-3H3. The zero-order valence-electron chi connectivity index (χ0n) is 12.0. The summed E-state index contributed by atoms with van der Waals surface area (Å²) in [6.07, 6.45) is 5.75. The first-order chi connectivity index (χ1) is 9.52. The number of anilines is 1. The van der Waals surface area contributed by atoms with Crippen LogP contribution in [0.25, 0.3) is 0 Å². The molecule has 0 saturated heterocycles. The van der Waals surface area contributed by atoms with Crippen LogP contribution in [0.3, 0.4) is 0 Å². The summed E-state index contributed by atoms with van der Waals surface area (Å²) >= 11 is 2.63. The van der Waals surface area contributed by atoms with Gasteiger partial charge in [-0.25, -0.2) is 0 Å². The number of nitriles is 1. The molecule has 1 aromatic carbocycles. The molecule has 3 rings (SSSR count). The van der Waals surface area contributed by atoms with Crippen molar-refractivity contribution in [2.24, 2.45) is 0 Å². The highest BCUT2D eigenvalue weighted by atomic mass is 127. The Labute approximate surface area is 134 Å². The van der Waals surface area contributed by atoms with Gasteiger partial charge in [0.1, 0.15) is 6.17 Å². The third-order valence-electron chi connectivity index (χ3n) is 4.70. The Morgan fingerprint density at radius 1 is 1.40 bits per heavy atom. The number of rotatable bonds is 1. The molecule has 0 N–H and O–H groups in total. The van der Waals surface area contributed by atoms with E-state index in [1.54, 1.807) is 0 Å². The lowest BCUT2D eigenvalue weighted by Crippen LogP contribution is -2.57. The molecule has 0 amide bonds. The Hall–Kier alpha value is -1.22. The van der Waals surface area contributed by atoms with E-state index in [-0.39, 0.29) is 3.42 Å². The molecule has 4 heteroatoms. The number of halogens is 1. The van der Waals surface area contributed by atoms with Gasteiger partial charge in [-0.05, 0) is 30.2 Å². The lowest BCUT2D eigenvalue weighted by atomic mass is 9.78. The summed E-state index contributed by atoms with van der Waals surface area (Å²) in [5.41, 5.74) is 3.28. The summed E-state index contributed by atoms with van der Waals surface area (Å²) in [5.74, 6) is 0.417. The fraction of sp³-hybridized carbons (Fsp3) is 0.438. The van der Waals surface area contributed by atoms with E-state index < -0.39 is 0 Å². The van der Waals surface area contributed by atoms with Crippen LogP contribution in [0, 0.1) is 11.3 Å². The van der Waals surface area contributed by atoms with Crippen LogP contribution < -0.4 is 4.90 Å². The average molecular weight is 379 g/mol. The van der Waals surface area contributed by atoms with Gasteiger partial charge in [0, 0.05) is 31.1 Å². The fourth-order valence-corrected chi connectivity index (χ4v) is 4.57. The van der Waals surface area contributed by atoms with Crippen molar-refractivity contribution in [3.05, 3.63) is 41.7 Å². The van der Waals surface area contributed by atoms with E-state index >= 15 is 0 Å². The molecule has 2 aliphatic heterocycles. The third-order valence-corrected chi connectivity index (χ3v) is 6.96. The molecule has 0 fully saturated rings. The lowest BCUT2D eigenvalue weighted by Gasteiger charge is -2.50. The predicted octanol–water partition coefficient (Wildman–Crippen LogP) is 3.81. The van der Waals surface area contributed by atoms with Gasteiger partial charge >= 0.3 is 0 Å². The highest BCUT2D eigenvalue weighted by Crippen LogP contribution is 2.53. The minimum atomic E-state index is 0.136. The van der Waals surface area contributed by atoms with Gasteiger partial charge in [0.15, 0.2) is 0 Å². The quantitative estimate of drug-likeness (QED) is 0.549. The normalized spacial score (nSPS) is 30.9. The Morgan fingerprint density at radius 3 is 2.80 bits per heavy atom. The molecule has 0 spiro atoms. The molecule has 3 nitrogen and oxygen atoms in total. The van der Waals surface area contributed by atoms with Gasteiger partial charge in [0.25, 0.3) is 0 Å². The minimum Gasteiger partial charge on any atom is -0.358 e. The van der Waals surface area contributed by atoms with Gasteiger partial charge in [-0.2, -0.15) is 5.26 Å². The Bertz CT molecular complexity index is 619. The Morgan fingerprint density at radius 2 is 2.15 bits per heavy atom. The van der Waals surface area contributed by atoms with Crippen LogP contribution in [0.2, 0.25) is 0 Å². The second-order valence-corrected chi connectivity index (χ2v) is 7.64. The van der Waals surface area contributed by atoms with Crippen LogP contribution in [0.4, 0.5) is 5.69 Å². The maximum atomic E-state index is 9.15. The van der Waals surface area contributed by atoms with E-state index in [4.69, 9.17) is 5.26 Å². The predicted molar refractivity (Wildman–Crippen MR) is 89.8 cm³/mol. The zero-order chi connectivity index (χ0) is 14.5. The molecule has 3 atom stereocenters. The molecule has 0 saturated carbocycles. The molecule has 0 aromatic heterocycles. The average Bonchev–Trinajstić information content (AvgIpc) is 2.86. The van der Waals surface area contributed by atoms with E-state index in [0.29, 0.717) is 12.1 Å². The fourth-order valence-electron chi connectivity index (χ4n) is 3.49. The van der Waals surface area contributed by atoms with Crippen LogP contribution in [0.1, 0.15) is 37.3 Å². The van der Waals surface area contributed by atoms with E-state index in [1.807, 2.05) is 6.07 Å². The second-order valence-electron chi connectivity index (χ2n) is 5.63. The molecule has 0 aliphatic carbocycles. The molecule has 20 heavy (non-hydrogen) atoms. The number of hydrogen-bond donors (Lipinski definition) is 0. The van der Waals surface area contributed by atoms with Crippen molar-refractivity contribution in [2.45, 2.75) is 35.8 Å². The van der Waals surface area contributed by atoms with Crippen molar-refractivity contribution < 1.29 is 0 Å². The van der Waals surface area contributed by atoms with Gasteiger partial charge in [0.2, 0.25) is 0 Å². The summed E-state index contributed by atoms with van der Waals surface area (Å²) < 4.78 is 0.136. The van der Waals surface area contributed by atoms with Crippen LogP contribution >= 0.6 is 22.6 Å². The number of fused-ring (bicyclic) bond motifs is 3. The SMILES string of the molecule is CCC1(I)C(C)c2cc(C#N)ccc2N2C=CN(C)C21. The molecule has 2 heterocycles. The monoisotopic (exact) mass is 379 g/mol. The molecule has 0 radical (unpaired) electrons.